The van der Waals surface area contributed by atoms with Crippen molar-refractivity contribution in [2.45, 2.75) is 78.7 Å². The van der Waals surface area contributed by atoms with E-state index in [0.717, 1.165) is 43.6 Å². The highest BCUT2D eigenvalue weighted by Gasteiger charge is 2.53. The van der Waals surface area contributed by atoms with E-state index in [0.29, 0.717) is 17.8 Å². The fourth-order valence-corrected chi connectivity index (χ4v) is 4.28. The molecule has 0 N–H and O–H groups in total. The van der Waals surface area contributed by atoms with Crippen LogP contribution in [0, 0.1) is 29.6 Å². The molecular formula is C19H34O2. The van der Waals surface area contributed by atoms with Crippen LogP contribution in [-0.2, 0) is 9.53 Å². The topological polar surface area (TPSA) is 26.3 Å². The molecule has 2 aliphatic carbocycles. The minimum atomic E-state index is 0.191. The summed E-state index contributed by atoms with van der Waals surface area (Å²) in [6.45, 7) is 9.26. The summed E-state index contributed by atoms with van der Waals surface area (Å²) in [5.74, 6) is 3.87. The molecule has 21 heavy (non-hydrogen) atoms. The van der Waals surface area contributed by atoms with Gasteiger partial charge in [0.15, 0.2) is 0 Å². The van der Waals surface area contributed by atoms with Crippen LogP contribution in [-0.4, -0.2) is 18.5 Å². The third-order valence-corrected chi connectivity index (χ3v) is 5.90. The maximum atomic E-state index is 12.0. The van der Waals surface area contributed by atoms with Gasteiger partial charge in [-0.1, -0.05) is 33.6 Å². The van der Waals surface area contributed by atoms with Crippen molar-refractivity contribution < 1.29 is 9.53 Å². The van der Waals surface area contributed by atoms with E-state index in [9.17, 15) is 4.79 Å². The fourth-order valence-electron chi connectivity index (χ4n) is 4.28. The number of carbonyl (C=O) groups is 1. The number of ketones is 1. The second-order valence-corrected chi connectivity index (χ2v) is 7.52. The summed E-state index contributed by atoms with van der Waals surface area (Å²) in [5, 5.41) is 0. The van der Waals surface area contributed by atoms with E-state index in [1.54, 1.807) is 6.92 Å². The van der Waals surface area contributed by atoms with Crippen molar-refractivity contribution >= 4 is 5.78 Å². The quantitative estimate of drug-likeness (QED) is 0.509. The van der Waals surface area contributed by atoms with Gasteiger partial charge in [0, 0.05) is 12.5 Å². The number of hydrogen-bond donors (Lipinski definition) is 0. The van der Waals surface area contributed by atoms with Gasteiger partial charge in [-0.25, -0.2) is 0 Å². The number of hydrogen-bond acceptors (Lipinski definition) is 2. The van der Waals surface area contributed by atoms with Crippen molar-refractivity contribution in [2.75, 3.05) is 6.61 Å². The molecule has 2 aliphatic rings. The number of ether oxygens (including phenoxy) is 1. The molecule has 0 amide bonds. The Morgan fingerprint density at radius 3 is 2.48 bits per heavy atom. The summed E-state index contributed by atoms with van der Waals surface area (Å²) < 4.78 is 6.24. The fraction of sp³-hybridized carbons (Fsp3) is 0.947. The molecule has 2 nitrogen and oxygen atoms in total. The molecule has 0 bridgehead atoms. The molecule has 0 aliphatic heterocycles. The lowest BCUT2D eigenvalue weighted by Crippen LogP contribution is -2.35. The molecule has 0 aromatic carbocycles. The molecule has 0 spiro atoms. The lowest BCUT2D eigenvalue weighted by atomic mass is 9.75. The largest absolute Gasteiger partial charge is 0.378 e. The molecule has 0 saturated heterocycles. The van der Waals surface area contributed by atoms with Crippen LogP contribution in [0.25, 0.3) is 0 Å². The minimum Gasteiger partial charge on any atom is -0.378 e. The molecule has 2 saturated carbocycles. The average Bonchev–Trinajstić information content (AvgIpc) is 3.09. The molecule has 2 fully saturated rings. The van der Waals surface area contributed by atoms with Crippen molar-refractivity contribution in [3.63, 3.8) is 0 Å². The van der Waals surface area contributed by atoms with Crippen LogP contribution >= 0.6 is 0 Å². The van der Waals surface area contributed by atoms with E-state index >= 15 is 0 Å². The number of rotatable bonds is 11. The Morgan fingerprint density at radius 2 is 2.00 bits per heavy atom. The maximum absolute atomic E-state index is 12.0. The van der Waals surface area contributed by atoms with Gasteiger partial charge in [0.1, 0.15) is 5.78 Å². The van der Waals surface area contributed by atoms with Crippen LogP contribution < -0.4 is 0 Å². The summed E-state index contributed by atoms with van der Waals surface area (Å²) in [4.78, 5) is 12.0. The van der Waals surface area contributed by atoms with Crippen LogP contribution in [0.5, 0.6) is 0 Å². The van der Waals surface area contributed by atoms with Crippen LogP contribution in [0.4, 0.5) is 0 Å². The Hall–Kier alpha value is -0.370. The van der Waals surface area contributed by atoms with Crippen LogP contribution in [0.1, 0.15) is 72.6 Å². The molecular weight excluding hydrogens is 260 g/mol. The standard InChI is InChI=1S/C19H34O2/c1-5-7-9-21-19(12-16-10-15-11-18(15)16)13(3)17(8-6-2)14(4)20/h13,15-19H,5-12H2,1-4H3. The molecule has 0 radical (unpaired) electrons. The number of Topliss-reactive ketones (excluding diaryl/α,β-unsaturated/α-hetero) is 1. The highest BCUT2D eigenvalue weighted by atomic mass is 16.5. The SMILES string of the molecule is CCCCOC(CC1CC2CC12)C(C)C(CCC)C(C)=O. The predicted molar refractivity (Wildman–Crippen MR) is 87.2 cm³/mol. The van der Waals surface area contributed by atoms with Crippen molar-refractivity contribution in [2.24, 2.45) is 29.6 Å². The summed E-state index contributed by atoms with van der Waals surface area (Å²) >= 11 is 0. The van der Waals surface area contributed by atoms with Crippen LogP contribution in [0.2, 0.25) is 0 Å². The Labute approximate surface area is 131 Å². The highest BCUT2D eigenvalue weighted by Crippen LogP contribution is 2.61. The Bertz CT molecular complexity index is 338. The van der Waals surface area contributed by atoms with Gasteiger partial charge in [-0.05, 0) is 62.7 Å². The van der Waals surface area contributed by atoms with Gasteiger partial charge in [-0.15, -0.1) is 0 Å². The first-order chi connectivity index (χ1) is 10.1. The van der Waals surface area contributed by atoms with E-state index in [2.05, 4.69) is 20.8 Å². The van der Waals surface area contributed by atoms with E-state index < -0.39 is 0 Å². The zero-order valence-corrected chi connectivity index (χ0v) is 14.4. The predicted octanol–water partition coefficient (Wildman–Crippen LogP) is 4.86. The molecule has 0 aromatic rings. The van der Waals surface area contributed by atoms with Crippen molar-refractivity contribution in [3.8, 4) is 0 Å². The van der Waals surface area contributed by atoms with Gasteiger partial charge >= 0.3 is 0 Å². The summed E-state index contributed by atoms with van der Waals surface area (Å²) in [7, 11) is 0. The first-order valence-electron chi connectivity index (χ1n) is 9.20. The Kier molecular flexibility index (Phi) is 6.28. The molecule has 2 heteroatoms. The smallest absolute Gasteiger partial charge is 0.133 e. The average molecular weight is 294 g/mol. The van der Waals surface area contributed by atoms with Gasteiger partial charge in [-0.3, -0.25) is 4.79 Å². The van der Waals surface area contributed by atoms with Gasteiger partial charge < -0.3 is 4.74 Å². The summed E-state index contributed by atoms with van der Waals surface area (Å²) in [6, 6.07) is 0. The molecule has 2 rings (SSSR count). The number of carbonyl (C=O) groups excluding carboxylic acids is 1. The minimum absolute atomic E-state index is 0.191. The van der Waals surface area contributed by atoms with Gasteiger partial charge in [0.2, 0.25) is 0 Å². The molecule has 0 aromatic heterocycles. The highest BCUT2D eigenvalue weighted by molar-refractivity contribution is 5.78. The van der Waals surface area contributed by atoms with Crippen LogP contribution in [0.3, 0.4) is 0 Å². The van der Waals surface area contributed by atoms with Crippen LogP contribution in [0.15, 0.2) is 0 Å². The number of unbranched alkanes of at least 4 members (excludes halogenated alkanes) is 1. The second kappa shape index (κ2) is 7.76. The molecule has 122 valence electrons. The lowest BCUT2D eigenvalue weighted by molar-refractivity contribution is -0.125. The first kappa shape index (κ1) is 17.0. The van der Waals surface area contributed by atoms with E-state index in [1.807, 2.05) is 0 Å². The lowest BCUT2D eigenvalue weighted by Gasteiger charge is -2.35. The zero-order chi connectivity index (χ0) is 15.4. The Morgan fingerprint density at radius 1 is 1.24 bits per heavy atom. The van der Waals surface area contributed by atoms with E-state index in [4.69, 9.17) is 4.74 Å². The van der Waals surface area contributed by atoms with E-state index in [1.165, 1.54) is 25.7 Å². The second-order valence-electron chi connectivity index (χ2n) is 7.52. The molecule has 0 heterocycles. The summed E-state index contributed by atoms with van der Waals surface area (Å²) in [5.41, 5.74) is 0. The van der Waals surface area contributed by atoms with Gasteiger partial charge in [0.05, 0.1) is 6.10 Å². The third-order valence-electron chi connectivity index (χ3n) is 5.90. The normalized spacial score (nSPS) is 31.0. The van der Waals surface area contributed by atoms with Crippen molar-refractivity contribution in [1.82, 2.24) is 0 Å². The third kappa shape index (κ3) is 4.31. The molecule has 6 unspecified atom stereocenters. The summed E-state index contributed by atoms with van der Waals surface area (Å²) in [6.07, 6.45) is 8.79. The monoisotopic (exact) mass is 294 g/mol. The molecule has 6 atom stereocenters. The van der Waals surface area contributed by atoms with E-state index in [-0.39, 0.29) is 5.92 Å². The van der Waals surface area contributed by atoms with Gasteiger partial charge in [-0.2, -0.15) is 0 Å². The van der Waals surface area contributed by atoms with Crippen molar-refractivity contribution in [3.05, 3.63) is 0 Å². The zero-order valence-electron chi connectivity index (χ0n) is 14.4. The Balaban J connectivity index is 1.91. The van der Waals surface area contributed by atoms with Crippen molar-refractivity contribution in [1.29, 1.82) is 0 Å². The van der Waals surface area contributed by atoms with Gasteiger partial charge in [0.25, 0.3) is 0 Å². The number of fused-ring (bicyclic) bond motifs is 1. The maximum Gasteiger partial charge on any atom is 0.133 e. The first-order valence-corrected chi connectivity index (χ1v) is 9.20.